The molecule has 4 nitrogen and oxygen atoms in total. The molecule has 3 rings (SSSR count). The summed E-state index contributed by atoms with van der Waals surface area (Å²) in [5, 5.41) is 3.13. The second kappa shape index (κ2) is 14.0. The number of hydrogen-bond acceptors (Lipinski definition) is 2. The van der Waals surface area contributed by atoms with E-state index in [1.807, 2.05) is 68.4 Å². The highest BCUT2D eigenvalue weighted by Crippen LogP contribution is 2.19. The summed E-state index contributed by atoms with van der Waals surface area (Å²) in [7, 11) is 0. The molecule has 0 fully saturated rings. The smallest absolute Gasteiger partial charge is 0.243 e. The molecular formula is C31H37BrN2O2. The number of aryl methyl sites for hydroxylation is 2. The van der Waals surface area contributed by atoms with Gasteiger partial charge in [-0.1, -0.05) is 96.5 Å². The maximum absolute atomic E-state index is 13.8. The molecule has 0 radical (unpaired) electrons. The number of carbonyl (C=O) groups is 2. The first-order chi connectivity index (χ1) is 17.4. The van der Waals surface area contributed by atoms with Gasteiger partial charge in [-0.05, 0) is 60.6 Å². The van der Waals surface area contributed by atoms with Gasteiger partial charge in [0.05, 0.1) is 0 Å². The van der Waals surface area contributed by atoms with Crippen molar-refractivity contribution in [1.82, 2.24) is 10.2 Å². The summed E-state index contributed by atoms with van der Waals surface area (Å²) in [6.45, 7) is 6.55. The summed E-state index contributed by atoms with van der Waals surface area (Å²) in [5.41, 5.74) is 4.43. The maximum Gasteiger partial charge on any atom is 0.243 e. The fraction of sp³-hybridized carbons (Fsp3) is 0.355. The number of nitrogens with one attached hydrogen (secondary N) is 1. The van der Waals surface area contributed by atoms with Crippen molar-refractivity contribution >= 4 is 27.7 Å². The number of halogens is 1. The molecule has 0 unspecified atom stereocenters. The summed E-state index contributed by atoms with van der Waals surface area (Å²) in [6, 6.07) is 25.8. The Morgan fingerprint density at radius 1 is 0.861 bits per heavy atom. The van der Waals surface area contributed by atoms with Gasteiger partial charge in [-0.25, -0.2) is 0 Å². The van der Waals surface area contributed by atoms with E-state index in [1.165, 1.54) is 5.56 Å². The molecule has 0 aromatic heterocycles. The van der Waals surface area contributed by atoms with E-state index in [4.69, 9.17) is 0 Å². The highest BCUT2D eigenvalue weighted by Gasteiger charge is 2.30. The Kier molecular flexibility index (Phi) is 10.7. The molecule has 0 bridgehead atoms. The molecule has 0 heterocycles. The van der Waals surface area contributed by atoms with Crippen LogP contribution in [0.25, 0.3) is 0 Å². The van der Waals surface area contributed by atoms with Crippen LogP contribution in [0.2, 0.25) is 0 Å². The first-order valence-electron chi connectivity index (χ1n) is 12.9. The molecular weight excluding hydrogens is 512 g/mol. The van der Waals surface area contributed by atoms with Crippen LogP contribution < -0.4 is 5.32 Å². The largest absolute Gasteiger partial charge is 0.352 e. The van der Waals surface area contributed by atoms with Crippen LogP contribution in [0.1, 0.15) is 55.9 Å². The Balaban J connectivity index is 1.89. The summed E-state index contributed by atoms with van der Waals surface area (Å²) in [5.74, 6) is -0.126. The van der Waals surface area contributed by atoms with E-state index < -0.39 is 6.04 Å². The third-order valence-corrected chi connectivity index (χ3v) is 7.07. The summed E-state index contributed by atoms with van der Waals surface area (Å²) >= 11 is 3.54. The van der Waals surface area contributed by atoms with Crippen molar-refractivity contribution < 1.29 is 9.59 Å². The van der Waals surface area contributed by atoms with Gasteiger partial charge in [-0.15, -0.1) is 0 Å². The van der Waals surface area contributed by atoms with Crippen LogP contribution in [0.4, 0.5) is 0 Å². The van der Waals surface area contributed by atoms with Crippen molar-refractivity contribution in [3.05, 3.63) is 106 Å². The van der Waals surface area contributed by atoms with Gasteiger partial charge in [-0.3, -0.25) is 9.59 Å². The molecule has 3 aromatic rings. The molecule has 0 aliphatic rings. The van der Waals surface area contributed by atoms with E-state index >= 15 is 0 Å². The Labute approximate surface area is 224 Å². The van der Waals surface area contributed by atoms with Gasteiger partial charge in [0.2, 0.25) is 11.8 Å². The molecule has 2 atom stereocenters. The summed E-state index contributed by atoms with van der Waals surface area (Å²) in [4.78, 5) is 29.1. The third-order valence-electron chi connectivity index (χ3n) is 6.57. The van der Waals surface area contributed by atoms with Crippen LogP contribution in [0.3, 0.4) is 0 Å². The van der Waals surface area contributed by atoms with Gasteiger partial charge in [0.25, 0.3) is 0 Å². The number of amides is 2. The van der Waals surface area contributed by atoms with Crippen molar-refractivity contribution in [1.29, 1.82) is 0 Å². The molecule has 190 valence electrons. The Hall–Kier alpha value is -2.92. The minimum Gasteiger partial charge on any atom is -0.352 e. The Morgan fingerprint density at radius 3 is 2.17 bits per heavy atom. The summed E-state index contributed by atoms with van der Waals surface area (Å²) in [6.07, 6.45) is 3.28. The third kappa shape index (κ3) is 8.34. The zero-order chi connectivity index (χ0) is 25.9. The van der Waals surface area contributed by atoms with E-state index in [-0.39, 0.29) is 17.9 Å². The molecule has 0 saturated heterocycles. The minimum absolute atomic E-state index is 0.0187. The predicted octanol–water partition coefficient (Wildman–Crippen LogP) is 6.50. The number of nitrogens with zero attached hydrogens (tertiary/aromatic N) is 1. The van der Waals surface area contributed by atoms with Gasteiger partial charge >= 0.3 is 0 Å². The van der Waals surface area contributed by atoms with Crippen molar-refractivity contribution in [2.75, 3.05) is 0 Å². The lowest BCUT2D eigenvalue weighted by Gasteiger charge is -2.32. The molecule has 2 amide bonds. The number of hydrogen-bond donors (Lipinski definition) is 1. The molecule has 0 aliphatic carbocycles. The molecule has 0 spiro atoms. The first kappa shape index (κ1) is 27.7. The van der Waals surface area contributed by atoms with Gasteiger partial charge in [0, 0.05) is 29.9 Å². The van der Waals surface area contributed by atoms with Gasteiger partial charge in [0.1, 0.15) is 6.04 Å². The molecule has 36 heavy (non-hydrogen) atoms. The number of benzene rings is 3. The van der Waals surface area contributed by atoms with Crippen molar-refractivity contribution in [3.8, 4) is 0 Å². The second-order valence-corrected chi connectivity index (χ2v) is 10.3. The van der Waals surface area contributed by atoms with E-state index in [1.54, 1.807) is 4.90 Å². The Bertz CT molecular complexity index is 1110. The minimum atomic E-state index is -0.602. The molecule has 0 aliphatic heterocycles. The normalized spacial score (nSPS) is 12.6. The fourth-order valence-electron chi connectivity index (χ4n) is 4.16. The van der Waals surface area contributed by atoms with E-state index in [9.17, 15) is 9.59 Å². The quantitative estimate of drug-likeness (QED) is 0.281. The topological polar surface area (TPSA) is 49.4 Å². The van der Waals surface area contributed by atoms with E-state index in [0.717, 1.165) is 34.0 Å². The molecule has 0 saturated carbocycles. The lowest BCUT2D eigenvalue weighted by atomic mass is 10.0. The highest BCUT2D eigenvalue weighted by atomic mass is 79.9. The first-order valence-corrected chi connectivity index (χ1v) is 13.6. The SMILES string of the molecule is CCc1ccc(CCC(=O)N(Cc2cccc(Br)c2)[C@@H](Cc2ccccc2)C(=O)N[C@@H](C)CC)cc1. The fourth-order valence-corrected chi connectivity index (χ4v) is 4.61. The van der Waals surface area contributed by atoms with Crippen molar-refractivity contribution in [3.63, 3.8) is 0 Å². The van der Waals surface area contributed by atoms with Crippen LogP contribution in [0, 0.1) is 0 Å². The van der Waals surface area contributed by atoms with Gasteiger partial charge in [0.15, 0.2) is 0 Å². The lowest BCUT2D eigenvalue weighted by Crippen LogP contribution is -2.52. The maximum atomic E-state index is 13.8. The number of rotatable bonds is 12. The molecule has 3 aromatic carbocycles. The molecule has 1 N–H and O–H groups in total. The van der Waals surface area contributed by atoms with E-state index in [2.05, 4.69) is 52.4 Å². The van der Waals surface area contributed by atoms with Crippen LogP contribution in [0.5, 0.6) is 0 Å². The van der Waals surface area contributed by atoms with Crippen LogP contribution in [-0.2, 0) is 35.4 Å². The zero-order valence-corrected chi connectivity index (χ0v) is 23.1. The van der Waals surface area contributed by atoms with Crippen molar-refractivity contribution in [2.24, 2.45) is 0 Å². The Morgan fingerprint density at radius 2 is 1.53 bits per heavy atom. The lowest BCUT2D eigenvalue weighted by molar-refractivity contribution is -0.141. The number of carbonyl (C=O) groups excluding carboxylic acids is 2. The predicted molar refractivity (Wildman–Crippen MR) is 151 cm³/mol. The van der Waals surface area contributed by atoms with Gasteiger partial charge in [-0.2, -0.15) is 0 Å². The molecule has 5 heteroatoms. The zero-order valence-electron chi connectivity index (χ0n) is 21.5. The average Bonchev–Trinajstić information content (AvgIpc) is 2.90. The van der Waals surface area contributed by atoms with Crippen LogP contribution in [0.15, 0.2) is 83.3 Å². The van der Waals surface area contributed by atoms with Crippen LogP contribution >= 0.6 is 15.9 Å². The average molecular weight is 550 g/mol. The highest BCUT2D eigenvalue weighted by molar-refractivity contribution is 9.10. The van der Waals surface area contributed by atoms with Gasteiger partial charge < -0.3 is 10.2 Å². The monoisotopic (exact) mass is 548 g/mol. The van der Waals surface area contributed by atoms with Crippen molar-refractivity contribution in [2.45, 2.75) is 71.5 Å². The van der Waals surface area contributed by atoms with E-state index in [0.29, 0.717) is 25.8 Å². The standard InChI is InChI=1S/C31H37BrN2O2/c1-4-23(3)33-31(36)29(21-26-10-7-6-8-11-26)34(22-27-12-9-13-28(32)20-27)30(35)19-18-25-16-14-24(5-2)15-17-25/h6-17,20,23,29H,4-5,18-19,21-22H2,1-3H3,(H,33,36)/t23-,29-/m0/s1. The summed E-state index contributed by atoms with van der Waals surface area (Å²) < 4.78 is 0.951. The van der Waals surface area contributed by atoms with Crippen LogP contribution in [-0.4, -0.2) is 28.8 Å². The second-order valence-electron chi connectivity index (χ2n) is 9.35.